The summed E-state index contributed by atoms with van der Waals surface area (Å²) in [4.78, 5) is 13.4. The monoisotopic (exact) mass is 976 g/mol. The number of carbonyl (C=O) groups excluding carboxylic acids is 1. The molecule has 404 valence electrons. The Labute approximate surface area is 412 Å². The van der Waals surface area contributed by atoms with Crippen LogP contribution in [0.3, 0.4) is 0 Å². The number of aliphatic hydroxyl groups excluding tert-OH is 9. The Morgan fingerprint density at radius 2 is 0.853 bits per heavy atom. The number of nitrogens with one attached hydrogen (secondary N) is 1. The van der Waals surface area contributed by atoms with Crippen molar-refractivity contribution in [2.45, 2.75) is 324 Å². The van der Waals surface area contributed by atoms with Gasteiger partial charge in [0.1, 0.15) is 61.0 Å². The topological polar surface area (TPSA) is 239 Å². The molecule has 13 atom stereocenters. The van der Waals surface area contributed by atoms with E-state index in [1.807, 2.05) is 0 Å². The molecule has 1 amide bonds. The minimum absolute atomic E-state index is 0.193. The Hall–Kier alpha value is -1.01. The van der Waals surface area contributed by atoms with Gasteiger partial charge < -0.3 is 65.5 Å². The fourth-order valence-corrected chi connectivity index (χ4v) is 10.0. The van der Waals surface area contributed by atoms with Crippen molar-refractivity contribution in [2.24, 2.45) is 0 Å². The summed E-state index contributed by atoms with van der Waals surface area (Å²) in [5.41, 5.74) is 0. The van der Waals surface area contributed by atoms with E-state index in [1.54, 1.807) is 0 Å². The van der Waals surface area contributed by atoms with Gasteiger partial charge in [-0.05, 0) is 12.8 Å². The van der Waals surface area contributed by atoms with Crippen molar-refractivity contribution in [1.29, 1.82) is 0 Å². The van der Waals surface area contributed by atoms with Gasteiger partial charge in [-0.2, -0.15) is 0 Å². The van der Waals surface area contributed by atoms with E-state index in [2.05, 4.69) is 19.2 Å². The molecule has 2 saturated heterocycles. The molecule has 1 unspecified atom stereocenters. The Balaban J connectivity index is 1.81. The number of amides is 1. The van der Waals surface area contributed by atoms with Gasteiger partial charge in [0.25, 0.3) is 0 Å². The molecule has 0 spiro atoms. The molecular weight excluding hydrogens is 871 g/mol. The maximum Gasteiger partial charge on any atom is 0.220 e. The molecule has 2 rings (SSSR count). The maximum atomic E-state index is 13.4. The molecule has 0 aromatic rings. The van der Waals surface area contributed by atoms with Crippen LogP contribution in [0, 0.1) is 0 Å². The van der Waals surface area contributed by atoms with Gasteiger partial charge in [-0.3, -0.25) is 4.79 Å². The molecule has 2 fully saturated rings. The van der Waals surface area contributed by atoms with E-state index < -0.39 is 92.7 Å². The fraction of sp³-hybridized carbons (Fsp3) is 0.981. The second-order valence-electron chi connectivity index (χ2n) is 20.6. The zero-order valence-corrected chi connectivity index (χ0v) is 43.0. The summed E-state index contributed by atoms with van der Waals surface area (Å²) in [5, 5.41) is 99.4. The zero-order valence-electron chi connectivity index (χ0n) is 43.0. The summed E-state index contributed by atoms with van der Waals surface area (Å²) in [6.07, 6.45) is 22.8. The van der Waals surface area contributed by atoms with Crippen molar-refractivity contribution in [2.75, 3.05) is 13.2 Å². The smallest absolute Gasteiger partial charge is 0.220 e. The third-order valence-electron chi connectivity index (χ3n) is 14.6. The zero-order chi connectivity index (χ0) is 49.8. The highest BCUT2D eigenvalue weighted by molar-refractivity contribution is 5.76. The van der Waals surface area contributed by atoms with Crippen LogP contribution in [0.5, 0.6) is 0 Å². The van der Waals surface area contributed by atoms with Crippen LogP contribution in [0.2, 0.25) is 0 Å². The number of rotatable bonds is 44. The van der Waals surface area contributed by atoms with E-state index in [0.29, 0.717) is 12.8 Å². The predicted octanol–water partition coefficient (Wildman–Crippen LogP) is 7.94. The summed E-state index contributed by atoms with van der Waals surface area (Å²) < 4.78 is 17.0. The number of carbonyl (C=O) groups is 1. The normalized spacial score (nSPS) is 26.8. The molecule has 2 aliphatic rings. The van der Waals surface area contributed by atoms with Gasteiger partial charge in [-0.25, -0.2) is 0 Å². The van der Waals surface area contributed by atoms with Crippen molar-refractivity contribution >= 4 is 5.91 Å². The number of hydrogen-bond donors (Lipinski definition) is 10. The van der Waals surface area contributed by atoms with Gasteiger partial charge in [0.05, 0.1) is 25.4 Å². The van der Waals surface area contributed by atoms with Crippen LogP contribution in [-0.2, 0) is 19.0 Å². The van der Waals surface area contributed by atoms with Crippen LogP contribution in [-0.4, -0.2) is 145 Å². The van der Waals surface area contributed by atoms with Gasteiger partial charge in [0, 0.05) is 6.42 Å². The van der Waals surface area contributed by atoms with Gasteiger partial charge in [-0.15, -0.1) is 0 Å². The Bertz CT molecular complexity index is 1170. The van der Waals surface area contributed by atoms with Crippen LogP contribution in [0.25, 0.3) is 0 Å². The van der Waals surface area contributed by atoms with Crippen LogP contribution < -0.4 is 5.32 Å². The van der Waals surface area contributed by atoms with Crippen molar-refractivity contribution in [1.82, 2.24) is 5.32 Å². The second kappa shape index (κ2) is 40.5. The molecule has 0 aromatic heterocycles. The van der Waals surface area contributed by atoms with Crippen molar-refractivity contribution in [3.05, 3.63) is 0 Å². The Morgan fingerprint density at radius 1 is 0.471 bits per heavy atom. The maximum absolute atomic E-state index is 13.4. The average molecular weight is 976 g/mol. The lowest BCUT2D eigenvalue weighted by atomic mass is 9.87. The van der Waals surface area contributed by atoms with E-state index in [0.717, 1.165) is 38.5 Å². The van der Waals surface area contributed by atoms with E-state index >= 15 is 0 Å². The molecule has 0 radical (unpaired) electrons. The molecule has 2 heterocycles. The lowest BCUT2D eigenvalue weighted by Gasteiger charge is -2.47. The molecule has 68 heavy (non-hydrogen) atoms. The SMILES string of the molecule is CCCCCCCCCCCCCCCCCCCCCCCC(=O)N[C@@H](C(O)[C@@H]1O[C@H](CO)[C@@H](O[C@@H]2O[C@H](CO)[C@H](O)[C@H](O)[C@H]2O)[C@H](O)[C@H]1O)[C@H](O)CCCCCCCCCCCCCCC. The summed E-state index contributed by atoms with van der Waals surface area (Å²) in [5.74, 6) is -0.357. The lowest BCUT2D eigenvalue weighted by molar-refractivity contribution is -0.345. The number of hydrogen-bond acceptors (Lipinski definition) is 13. The molecule has 0 saturated carbocycles. The number of ether oxygens (including phenoxy) is 3. The van der Waals surface area contributed by atoms with Crippen LogP contribution >= 0.6 is 0 Å². The first-order valence-corrected chi connectivity index (χ1v) is 28.3. The summed E-state index contributed by atoms with van der Waals surface area (Å²) in [6, 6.07) is -1.26. The minimum atomic E-state index is -1.85. The molecule has 0 aromatic carbocycles. The average Bonchev–Trinajstić information content (AvgIpc) is 3.33. The largest absolute Gasteiger partial charge is 0.394 e. The second-order valence-corrected chi connectivity index (χ2v) is 20.6. The van der Waals surface area contributed by atoms with Gasteiger partial charge in [0.2, 0.25) is 5.91 Å². The minimum Gasteiger partial charge on any atom is -0.394 e. The quantitative estimate of drug-likeness (QED) is 0.0261. The predicted molar refractivity (Wildman–Crippen MR) is 268 cm³/mol. The highest BCUT2D eigenvalue weighted by atomic mass is 16.7. The third-order valence-corrected chi connectivity index (χ3v) is 14.6. The van der Waals surface area contributed by atoms with Crippen molar-refractivity contribution in [3.8, 4) is 0 Å². The molecule has 14 nitrogen and oxygen atoms in total. The van der Waals surface area contributed by atoms with E-state index in [4.69, 9.17) is 14.2 Å². The number of aliphatic hydroxyl groups is 9. The summed E-state index contributed by atoms with van der Waals surface area (Å²) in [6.45, 7) is 3.01. The Morgan fingerprint density at radius 3 is 1.25 bits per heavy atom. The van der Waals surface area contributed by atoms with Gasteiger partial charge in [-0.1, -0.05) is 226 Å². The van der Waals surface area contributed by atoms with Crippen LogP contribution in [0.4, 0.5) is 0 Å². The molecular formula is C54H105NO13. The Kier molecular flexibility index (Phi) is 37.6. The summed E-state index contributed by atoms with van der Waals surface area (Å²) in [7, 11) is 0. The number of unbranched alkanes of at least 4 members (excludes halogenated alkanes) is 32. The van der Waals surface area contributed by atoms with E-state index in [9.17, 15) is 50.8 Å². The molecule has 14 heteroatoms. The van der Waals surface area contributed by atoms with Crippen molar-refractivity contribution < 1.29 is 65.0 Å². The highest BCUT2D eigenvalue weighted by Crippen LogP contribution is 2.32. The first-order chi connectivity index (χ1) is 33.0. The molecule has 0 aliphatic carbocycles. The van der Waals surface area contributed by atoms with Gasteiger partial charge in [0.15, 0.2) is 6.29 Å². The van der Waals surface area contributed by atoms with E-state index in [1.165, 1.54) is 167 Å². The lowest BCUT2D eigenvalue weighted by Crippen LogP contribution is -2.68. The molecule has 0 bridgehead atoms. The highest BCUT2D eigenvalue weighted by Gasteiger charge is 2.53. The van der Waals surface area contributed by atoms with Crippen molar-refractivity contribution in [3.63, 3.8) is 0 Å². The van der Waals surface area contributed by atoms with Crippen LogP contribution in [0.1, 0.15) is 245 Å². The van der Waals surface area contributed by atoms with Gasteiger partial charge >= 0.3 is 0 Å². The van der Waals surface area contributed by atoms with E-state index in [-0.39, 0.29) is 18.7 Å². The first kappa shape index (κ1) is 63.1. The summed E-state index contributed by atoms with van der Waals surface area (Å²) >= 11 is 0. The standard InChI is InChI=1S/C54H105NO13/c1-3-5-7-9-11-13-15-17-18-19-20-21-22-23-24-26-28-30-32-34-36-38-44(59)55-45(41(58)37-35-33-31-29-27-25-16-14-12-10-8-6-4-2)47(61)53-50(64)49(63)52(43(40-57)66-53)68-54-51(65)48(62)46(60)42(39-56)67-54/h41-43,45-54,56-58,60-65H,3-40H2,1-2H3,(H,55,59)/t41-,42-,43-,45-,46+,47?,48+,49-,50-,51-,52-,53+,54+/m1/s1. The first-order valence-electron chi connectivity index (χ1n) is 28.3. The van der Waals surface area contributed by atoms with Crippen LogP contribution in [0.15, 0.2) is 0 Å². The molecule has 10 N–H and O–H groups in total. The fourth-order valence-electron chi connectivity index (χ4n) is 10.0. The molecule has 2 aliphatic heterocycles. The third kappa shape index (κ3) is 26.1.